The topological polar surface area (TPSA) is 51.2 Å². The molecule has 0 unspecified atom stereocenters. The number of thiazole rings is 1. The van der Waals surface area contributed by atoms with Crippen molar-refractivity contribution in [2.75, 3.05) is 11.9 Å². The number of aryl methyl sites for hydroxylation is 1. The maximum absolute atomic E-state index is 11.6. The molecule has 1 heterocycles. The summed E-state index contributed by atoms with van der Waals surface area (Å²) in [6.07, 6.45) is 4.97. The first-order chi connectivity index (χ1) is 8.20. The van der Waals surface area contributed by atoms with Crippen LogP contribution in [0.2, 0.25) is 0 Å². The van der Waals surface area contributed by atoms with Crippen LogP contribution >= 0.6 is 11.3 Å². The smallest absolute Gasteiger partial charge is 0.358 e. The van der Waals surface area contributed by atoms with Crippen molar-refractivity contribution in [3.8, 4) is 0 Å². The van der Waals surface area contributed by atoms with Gasteiger partial charge in [0.15, 0.2) is 10.8 Å². The summed E-state index contributed by atoms with van der Waals surface area (Å²) in [5, 5.41) is 4.24. The van der Waals surface area contributed by atoms with Gasteiger partial charge in [-0.05, 0) is 26.7 Å². The Kier molecular flexibility index (Phi) is 3.99. The van der Waals surface area contributed by atoms with Crippen molar-refractivity contribution in [2.45, 2.75) is 45.6 Å². The van der Waals surface area contributed by atoms with Gasteiger partial charge in [0.25, 0.3) is 0 Å². The van der Waals surface area contributed by atoms with Crippen molar-refractivity contribution < 1.29 is 9.53 Å². The third-order valence-corrected chi connectivity index (χ3v) is 3.85. The summed E-state index contributed by atoms with van der Waals surface area (Å²) in [6, 6.07) is 0.524. The van der Waals surface area contributed by atoms with Gasteiger partial charge >= 0.3 is 5.97 Å². The van der Waals surface area contributed by atoms with Gasteiger partial charge in [0.05, 0.1) is 6.61 Å². The number of aromatic nitrogens is 1. The van der Waals surface area contributed by atoms with Crippen LogP contribution in [0.15, 0.2) is 0 Å². The van der Waals surface area contributed by atoms with Gasteiger partial charge in [-0.3, -0.25) is 0 Å². The molecule has 0 saturated heterocycles. The van der Waals surface area contributed by atoms with Gasteiger partial charge in [-0.15, -0.1) is 11.3 Å². The van der Waals surface area contributed by atoms with Crippen LogP contribution in [0.4, 0.5) is 5.13 Å². The molecule has 0 radical (unpaired) electrons. The lowest BCUT2D eigenvalue weighted by atomic mass is 10.3. The number of carbonyl (C=O) groups is 1. The molecule has 1 aliphatic carbocycles. The van der Waals surface area contributed by atoms with E-state index in [9.17, 15) is 4.79 Å². The lowest BCUT2D eigenvalue weighted by molar-refractivity contribution is 0.0519. The molecule has 1 N–H and O–H groups in total. The van der Waals surface area contributed by atoms with Crippen LogP contribution in [0, 0.1) is 6.92 Å². The zero-order valence-corrected chi connectivity index (χ0v) is 11.1. The lowest BCUT2D eigenvalue weighted by Crippen LogP contribution is -2.14. The molecule has 0 atom stereocenters. The highest BCUT2D eigenvalue weighted by molar-refractivity contribution is 7.15. The summed E-state index contributed by atoms with van der Waals surface area (Å²) in [5.74, 6) is -0.319. The van der Waals surface area contributed by atoms with Crippen molar-refractivity contribution in [1.29, 1.82) is 0 Å². The first-order valence-corrected chi connectivity index (χ1v) is 6.93. The van der Waals surface area contributed by atoms with Crippen LogP contribution in [0.5, 0.6) is 0 Å². The number of esters is 1. The fourth-order valence-corrected chi connectivity index (χ4v) is 2.97. The second-order valence-electron chi connectivity index (χ2n) is 4.27. The Hall–Kier alpha value is -1.10. The SMILES string of the molecule is CCOC(=O)c1nc(NC2CCCC2)sc1C. The summed E-state index contributed by atoms with van der Waals surface area (Å²) >= 11 is 1.53. The van der Waals surface area contributed by atoms with Crippen LogP contribution in [0.3, 0.4) is 0 Å². The van der Waals surface area contributed by atoms with Gasteiger partial charge in [-0.25, -0.2) is 9.78 Å². The van der Waals surface area contributed by atoms with Crippen molar-refractivity contribution in [1.82, 2.24) is 4.98 Å². The summed E-state index contributed by atoms with van der Waals surface area (Å²) in [4.78, 5) is 16.9. The summed E-state index contributed by atoms with van der Waals surface area (Å²) in [6.45, 7) is 4.10. The molecule has 2 rings (SSSR count). The van der Waals surface area contributed by atoms with Crippen molar-refractivity contribution >= 4 is 22.4 Å². The van der Waals surface area contributed by atoms with Crippen molar-refractivity contribution in [3.63, 3.8) is 0 Å². The highest BCUT2D eigenvalue weighted by atomic mass is 32.1. The number of rotatable bonds is 4. The van der Waals surface area contributed by atoms with Gasteiger partial charge in [-0.2, -0.15) is 0 Å². The fourth-order valence-electron chi connectivity index (χ4n) is 2.09. The third-order valence-electron chi connectivity index (χ3n) is 2.95. The van der Waals surface area contributed by atoms with E-state index in [2.05, 4.69) is 10.3 Å². The van der Waals surface area contributed by atoms with Crippen LogP contribution in [0.1, 0.15) is 48.0 Å². The number of nitrogens with zero attached hydrogens (tertiary/aromatic N) is 1. The normalized spacial score (nSPS) is 16.1. The van der Waals surface area contributed by atoms with E-state index in [1.807, 2.05) is 6.92 Å². The maximum atomic E-state index is 11.6. The Labute approximate surface area is 105 Å². The molecule has 17 heavy (non-hydrogen) atoms. The number of carbonyl (C=O) groups excluding carboxylic acids is 1. The summed E-state index contributed by atoms with van der Waals surface area (Å²) in [5.41, 5.74) is 0.456. The standard InChI is InChI=1S/C12H18N2O2S/c1-3-16-11(15)10-8(2)17-12(14-10)13-9-6-4-5-7-9/h9H,3-7H2,1-2H3,(H,13,14). The highest BCUT2D eigenvalue weighted by Crippen LogP contribution is 2.27. The van der Waals surface area contributed by atoms with Gasteiger partial charge in [0.2, 0.25) is 0 Å². The number of nitrogens with one attached hydrogen (secondary N) is 1. The molecule has 0 aliphatic heterocycles. The largest absolute Gasteiger partial charge is 0.461 e. The van der Waals surface area contributed by atoms with Gasteiger partial charge < -0.3 is 10.1 Å². The average Bonchev–Trinajstić information content (AvgIpc) is 2.89. The van der Waals surface area contributed by atoms with E-state index in [1.54, 1.807) is 6.92 Å². The first kappa shape index (κ1) is 12.4. The fraction of sp³-hybridized carbons (Fsp3) is 0.667. The molecule has 4 nitrogen and oxygen atoms in total. The van der Waals surface area contributed by atoms with Gasteiger partial charge in [0, 0.05) is 10.9 Å². The quantitative estimate of drug-likeness (QED) is 0.839. The van der Waals surface area contributed by atoms with E-state index in [0.717, 1.165) is 10.0 Å². The number of hydrogen-bond acceptors (Lipinski definition) is 5. The van der Waals surface area contributed by atoms with Crippen LogP contribution in [-0.4, -0.2) is 23.6 Å². The molecule has 94 valence electrons. The van der Waals surface area contributed by atoms with Crippen LogP contribution in [0.25, 0.3) is 0 Å². The summed E-state index contributed by atoms with van der Waals surface area (Å²) < 4.78 is 4.97. The monoisotopic (exact) mass is 254 g/mol. The average molecular weight is 254 g/mol. The molecule has 1 fully saturated rings. The van der Waals surface area contributed by atoms with E-state index in [-0.39, 0.29) is 5.97 Å². The first-order valence-electron chi connectivity index (χ1n) is 6.11. The van der Waals surface area contributed by atoms with Crippen LogP contribution in [-0.2, 0) is 4.74 Å². The number of hydrogen-bond donors (Lipinski definition) is 1. The van der Waals surface area contributed by atoms with E-state index in [0.29, 0.717) is 18.3 Å². The van der Waals surface area contributed by atoms with Crippen molar-refractivity contribution in [2.24, 2.45) is 0 Å². The molecule has 1 aromatic heterocycles. The Morgan fingerprint density at radius 2 is 2.24 bits per heavy atom. The molecular formula is C12H18N2O2S. The van der Waals surface area contributed by atoms with E-state index >= 15 is 0 Å². The molecule has 0 amide bonds. The maximum Gasteiger partial charge on any atom is 0.358 e. The Morgan fingerprint density at radius 1 is 1.53 bits per heavy atom. The molecule has 1 saturated carbocycles. The Balaban J connectivity index is 2.04. The van der Waals surface area contributed by atoms with E-state index < -0.39 is 0 Å². The molecule has 5 heteroatoms. The zero-order chi connectivity index (χ0) is 12.3. The second kappa shape index (κ2) is 5.49. The van der Waals surface area contributed by atoms with E-state index in [4.69, 9.17) is 4.74 Å². The van der Waals surface area contributed by atoms with E-state index in [1.165, 1.54) is 37.0 Å². The number of ether oxygens (including phenoxy) is 1. The molecule has 1 aromatic rings. The zero-order valence-electron chi connectivity index (χ0n) is 10.3. The Bertz CT molecular complexity index is 397. The predicted molar refractivity (Wildman–Crippen MR) is 68.7 cm³/mol. The lowest BCUT2D eigenvalue weighted by Gasteiger charge is -2.09. The minimum atomic E-state index is -0.319. The number of anilines is 1. The molecule has 0 spiro atoms. The minimum absolute atomic E-state index is 0.319. The molecule has 1 aliphatic rings. The molecule has 0 aromatic carbocycles. The molecule has 0 bridgehead atoms. The third kappa shape index (κ3) is 2.97. The highest BCUT2D eigenvalue weighted by Gasteiger charge is 2.20. The minimum Gasteiger partial charge on any atom is -0.461 e. The summed E-state index contributed by atoms with van der Waals surface area (Å²) in [7, 11) is 0. The second-order valence-corrected chi connectivity index (χ2v) is 5.47. The predicted octanol–water partition coefficient (Wildman–Crippen LogP) is 2.98. The van der Waals surface area contributed by atoms with Gasteiger partial charge in [0.1, 0.15) is 0 Å². The van der Waals surface area contributed by atoms with Gasteiger partial charge in [-0.1, -0.05) is 12.8 Å². The Morgan fingerprint density at radius 3 is 2.88 bits per heavy atom. The van der Waals surface area contributed by atoms with Crippen molar-refractivity contribution in [3.05, 3.63) is 10.6 Å². The van der Waals surface area contributed by atoms with Crippen LogP contribution < -0.4 is 5.32 Å². The molecular weight excluding hydrogens is 236 g/mol.